The van der Waals surface area contributed by atoms with Crippen molar-refractivity contribution in [3.8, 4) is 17.0 Å². The standard InChI is InChI=1S/C17H12F3N5O2/c1-6-4-10-14(24-16(6)27-17(19)20)11(12(21)15(26)23-10)7-2-3-9(18)13-8(7)5-22-25-13/h2-5,17H,21H2,1H3,(H,22,25)(H,23,26). The highest BCUT2D eigenvalue weighted by atomic mass is 19.3. The fourth-order valence-corrected chi connectivity index (χ4v) is 3.01. The molecule has 0 aliphatic heterocycles. The summed E-state index contributed by atoms with van der Waals surface area (Å²) in [7, 11) is 0. The average molecular weight is 375 g/mol. The summed E-state index contributed by atoms with van der Waals surface area (Å²) in [5.74, 6) is -0.833. The highest BCUT2D eigenvalue weighted by Gasteiger charge is 2.20. The second kappa shape index (κ2) is 6.01. The van der Waals surface area contributed by atoms with Gasteiger partial charge in [0.05, 0.1) is 11.7 Å². The second-order valence-corrected chi connectivity index (χ2v) is 5.88. The van der Waals surface area contributed by atoms with Gasteiger partial charge < -0.3 is 15.5 Å². The van der Waals surface area contributed by atoms with E-state index in [-0.39, 0.29) is 33.7 Å². The molecule has 7 nitrogen and oxygen atoms in total. The smallest absolute Gasteiger partial charge is 0.388 e. The van der Waals surface area contributed by atoms with Crippen molar-refractivity contribution in [3.05, 3.63) is 46.1 Å². The maximum Gasteiger partial charge on any atom is 0.388 e. The van der Waals surface area contributed by atoms with E-state index >= 15 is 0 Å². The van der Waals surface area contributed by atoms with Crippen molar-refractivity contribution in [1.29, 1.82) is 0 Å². The topological polar surface area (TPSA) is 110 Å². The average Bonchev–Trinajstić information content (AvgIpc) is 3.09. The summed E-state index contributed by atoms with van der Waals surface area (Å²) >= 11 is 0. The number of pyridine rings is 2. The Labute approximate surface area is 149 Å². The number of nitrogens with two attached hydrogens (primary N) is 1. The number of ether oxygens (including phenoxy) is 1. The van der Waals surface area contributed by atoms with Crippen molar-refractivity contribution in [2.45, 2.75) is 13.5 Å². The van der Waals surface area contributed by atoms with Gasteiger partial charge in [0.15, 0.2) is 0 Å². The van der Waals surface area contributed by atoms with Crippen LogP contribution < -0.4 is 16.0 Å². The van der Waals surface area contributed by atoms with Gasteiger partial charge in [-0.05, 0) is 24.6 Å². The molecule has 0 spiro atoms. The van der Waals surface area contributed by atoms with Crippen LogP contribution in [0.2, 0.25) is 0 Å². The number of nitrogens with zero attached hydrogens (tertiary/aromatic N) is 2. The Morgan fingerprint density at radius 2 is 2.07 bits per heavy atom. The van der Waals surface area contributed by atoms with Crippen molar-refractivity contribution >= 4 is 27.6 Å². The van der Waals surface area contributed by atoms with E-state index < -0.39 is 18.0 Å². The van der Waals surface area contributed by atoms with Gasteiger partial charge in [-0.15, -0.1) is 0 Å². The molecule has 10 heteroatoms. The molecule has 0 bridgehead atoms. The first-order valence-electron chi connectivity index (χ1n) is 7.76. The Morgan fingerprint density at radius 3 is 2.81 bits per heavy atom. The Kier molecular flexibility index (Phi) is 3.76. The van der Waals surface area contributed by atoms with Crippen LogP contribution in [-0.2, 0) is 0 Å². The summed E-state index contributed by atoms with van der Waals surface area (Å²) in [6, 6.07) is 4.07. The van der Waals surface area contributed by atoms with Crippen LogP contribution >= 0.6 is 0 Å². The van der Waals surface area contributed by atoms with Crippen molar-refractivity contribution in [2.24, 2.45) is 0 Å². The van der Waals surface area contributed by atoms with Crippen LogP contribution in [0.5, 0.6) is 5.88 Å². The van der Waals surface area contributed by atoms with Gasteiger partial charge >= 0.3 is 6.61 Å². The number of alkyl halides is 2. The third kappa shape index (κ3) is 2.65. The molecule has 3 heterocycles. The monoisotopic (exact) mass is 375 g/mol. The number of hydrogen-bond acceptors (Lipinski definition) is 5. The maximum absolute atomic E-state index is 14.0. The molecule has 27 heavy (non-hydrogen) atoms. The zero-order chi connectivity index (χ0) is 19.3. The zero-order valence-corrected chi connectivity index (χ0v) is 13.8. The zero-order valence-electron chi connectivity index (χ0n) is 13.8. The van der Waals surface area contributed by atoms with Gasteiger partial charge in [-0.2, -0.15) is 13.9 Å². The predicted octanol–water partition coefficient (Wildman–Crippen LogP) is 3.10. The third-order valence-corrected chi connectivity index (χ3v) is 4.20. The molecule has 4 rings (SSSR count). The highest BCUT2D eigenvalue weighted by molar-refractivity contribution is 6.06. The Bertz CT molecular complexity index is 1250. The number of anilines is 1. The number of halogens is 3. The fraction of sp³-hybridized carbons (Fsp3) is 0.118. The van der Waals surface area contributed by atoms with Crippen LogP contribution in [0.1, 0.15) is 5.56 Å². The number of hydrogen-bond donors (Lipinski definition) is 3. The highest BCUT2D eigenvalue weighted by Crippen LogP contribution is 2.36. The first-order valence-corrected chi connectivity index (χ1v) is 7.76. The predicted molar refractivity (Wildman–Crippen MR) is 93.2 cm³/mol. The number of benzene rings is 1. The lowest BCUT2D eigenvalue weighted by Gasteiger charge is -2.13. The van der Waals surface area contributed by atoms with Gasteiger partial charge in [0, 0.05) is 16.5 Å². The van der Waals surface area contributed by atoms with Gasteiger partial charge in [-0.25, -0.2) is 9.37 Å². The maximum atomic E-state index is 14.0. The first kappa shape index (κ1) is 16.9. The van der Waals surface area contributed by atoms with E-state index in [9.17, 15) is 18.0 Å². The van der Waals surface area contributed by atoms with E-state index in [0.29, 0.717) is 16.5 Å². The molecule has 0 fully saturated rings. The van der Waals surface area contributed by atoms with Crippen LogP contribution in [0.15, 0.2) is 29.2 Å². The molecule has 4 aromatic rings. The molecule has 4 N–H and O–H groups in total. The largest absolute Gasteiger partial charge is 0.417 e. The van der Waals surface area contributed by atoms with Gasteiger partial charge in [-0.1, -0.05) is 6.07 Å². The minimum absolute atomic E-state index is 0.122. The van der Waals surface area contributed by atoms with Crippen molar-refractivity contribution < 1.29 is 17.9 Å². The Morgan fingerprint density at radius 1 is 1.30 bits per heavy atom. The lowest BCUT2D eigenvalue weighted by molar-refractivity contribution is -0.0531. The molecular formula is C17H12F3N5O2. The number of aryl methyl sites for hydroxylation is 1. The number of nitrogens with one attached hydrogen (secondary N) is 2. The molecule has 0 atom stereocenters. The van der Waals surface area contributed by atoms with E-state index in [2.05, 4.69) is 24.9 Å². The van der Waals surface area contributed by atoms with E-state index in [1.807, 2.05) is 0 Å². The van der Waals surface area contributed by atoms with Crippen molar-refractivity contribution in [1.82, 2.24) is 20.2 Å². The molecule has 0 radical (unpaired) electrons. The van der Waals surface area contributed by atoms with Crippen molar-refractivity contribution in [3.63, 3.8) is 0 Å². The summed E-state index contributed by atoms with van der Waals surface area (Å²) in [5.41, 5.74) is 6.62. The number of nitrogen functional groups attached to an aromatic ring is 1. The van der Waals surface area contributed by atoms with Gasteiger partial charge in [0.1, 0.15) is 22.5 Å². The summed E-state index contributed by atoms with van der Waals surface area (Å²) in [6.07, 6.45) is 1.38. The lowest BCUT2D eigenvalue weighted by Crippen LogP contribution is -2.15. The number of aromatic amines is 2. The number of aromatic nitrogens is 4. The van der Waals surface area contributed by atoms with E-state index in [1.165, 1.54) is 31.3 Å². The normalized spacial score (nSPS) is 11.6. The van der Waals surface area contributed by atoms with Crippen LogP contribution in [0, 0.1) is 12.7 Å². The molecule has 0 saturated carbocycles. The van der Waals surface area contributed by atoms with Crippen molar-refractivity contribution in [2.75, 3.05) is 5.73 Å². The summed E-state index contributed by atoms with van der Waals surface area (Å²) < 4.78 is 43.8. The lowest BCUT2D eigenvalue weighted by atomic mass is 9.99. The molecule has 0 aliphatic rings. The minimum atomic E-state index is -3.07. The molecule has 138 valence electrons. The van der Waals surface area contributed by atoms with E-state index in [0.717, 1.165) is 0 Å². The van der Waals surface area contributed by atoms with Crippen LogP contribution in [0.3, 0.4) is 0 Å². The Balaban J connectivity index is 2.12. The van der Waals surface area contributed by atoms with Gasteiger partial charge in [0.25, 0.3) is 5.56 Å². The first-order chi connectivity index (χ1) is 12.9. The quantitative estimate of drug-likeness (QED) is 0.510. The summed E-state index contributed by atoms with van der Waals surface area (Å²) in [4.78, 5) is 19.0. The van der Waals surface area contributed by atoms with Gasteiger partial charge in [-0.3, -0.25) is 9.89 Å². The third-order valence-electron chi connectivity index (χ3n) is 4.20. The number of H-pyrrole nitrogens is 2. The minimum Gasteiger partial charge on any atom is -0.417 e. The van der Waals surface area contributed by atoms with E-state index in [4.69, 9.17) is 5.73 Å². The fourth-order valence-electron chi connectivity index (χ4n) is 3.01. The molecule has 0 saturated heterocycles. The van der Waals surface area contributed by atoms with E-state index in [1.54, 1.807) is 0 Å². The molecule has 0 amide bonds. The van der Waals surface area contributed by atoms with Crippen LogP contribution in [0.25, 0.3) is 33.1 Å². The summed E-state index contributed by atoms with van der Waals surface area (Å²) in [6.45, 7) is -1.55. The van der Waals surface area contributed by atoms with Crippen LogP contribution in [-0.4, -0.2) is 26.8 Å². The van der Waals surface area contributed by atoms with Crippen LogP contribution in [0.4, 0.5) is 18.9 Å². The van der Waals surface area contributed by atoms with Gasteiger partial charge in [0.2, 0.25) is 5.88 Å². The number of fused-ring (bicyclic) bond motifs is 2. The SMILES string of the molecule is Cc1cc2[nH]c(=O)c(N)c(-c3ccc(F)c4[nH]ncc34)c2nc1OC(F)F. The molecule has 0 aliphatic carbocycles. The molecule has 1 aromatic carbocycles. The molecule has 0 unspecified atom stereocenters. The Hall–Kier alpha value is -3.56. The molecular weight excluding hydrogens is 363 g/mol. The second-order valence-electron chi connectivity index (χ2n) is 5.88. The number of rotatable bonds is 3. The molecule has 3 aromatic heterocycles. The summed E-state index contributed by atoms with van der Waals surface area (Å²) in [5, 5.41) is 6.71.